The van der Waals surface area contributed by atoms with Crippen LogP contribution in [0.1, 0.15) is 2.85 Å². The normalized spacial score (nSPS) is 8.40. The van der Waals surface area contributed by atoms with Crippen LogP contribution in [0.4, 0.5) is 0 Å². The SMILES string of the molecule is NCCNCC(O)O.[H-].[H-].[Na+].[Na+]. The molecule has 0 aliphatic heterocycles. The number of hydrogen-bond donors (Lipinski definition) is 4. The molecular weight excluding hydrogens is 154 g/mol. The maximum atomic E-state index is 8.23. The van der Waals surface area contributed by atoms with Gasteiger partial charge in [-0.1, -0.05) is 0 Å². The number of aliphatic hydroxyl groups excluding tert-OH is 1. The fourth-order valence-corrected chi connectivity index (χ4v) is 0.333. The van der Waals surface area contributed by atoms with Crippen LogP contribution in [-0.2, 0) is 0 Å². The van der Waals surface area contributed by atoms with Crippen molar-refractivity contribution in [1.82, 2.24) is 5.32 Å². The number of nitrogens with one attached hydrogen (secondary N) is 1. The average molecular weight is 168 g/mol. The Morgan fingerprint density at radius 2 is 1.90 bits per heavy atom. The van der Waals surface area contributed by atoms with Crippen molar-refractivity contribution in [3.63, 3.8) is 0 Å². The summed E-state index contributed by atoms with van der Waals surface area (Å²) in [6, 6.07) is 0. The van der Waals surface area contributed by atoms with E-state index in [4.69, 9.17) is 15.9 Å². The van der Waals surface area contributed by atoms with E-state index in [2.05, 4.69) is 5.32 Å². The van der Waals surface area contributed by atoms with E-state index in [0.717, 1.165) is 0 Å². The predicted molar refractivity (Wildman–Crippen MR) is 32.4 cm³/mol. The molecule has 0 fully saturated rings. The molecule has 0 saturated heterocycles. The van der Waals surface area contributed by atoms with Crippen molar-refractivity contribution < 1.29 is 72.2 Å². The van der Waals surface area contributed by atoms with Gasteiger partial charge in [0.25, 0.3) is 0 Å². The summed E-state index contributed by atoms with van der Waals surface area (Å²) < 4.78 is 0. The molecule has 10 heavy (non-hydrogen) atoms. The molecule has 4 nitrogen and oxygen atoms in total. The fraction of sp³-hybridized carbons (Fsp3) is 1.00. The molecule has 0 radical (unpaired) electrons. The van der Waals surface area contributed by atoms with Gasteiger partial charge in [-0.3, -0.25) is 0 Å². The molecule has 0 aromatic carbocycles. The first kappa shape index (κ1) is 17.8. The van der Waals surface area contributed by atoms with Crippen LogP contribution in [0, 0.1) is 0 Å². The zero-order chi connectivity index (χ0) is 6.41. The molecule has 54 valence electrons. The molecule has 0 unspecified atom stereocenters. The Labute approximate surface area is 108 Å². The molecule has 0 aromatic rings. The fourth-order valence-electron chi connectivity index (χ4n) is 0.333. The van der Waals surface area contributed by atoms with Gasteiger partial charge in [0.1, 0.15) is 0 Å². The second kappa shape index (κ2) is 13.4. The first-order valence-electron chi connectivity index (χ1n) is 2.54. The van der Waals surface area contributed by atoms with E-state index in [1.165, 1.54) is 0 Å². The first-order valence-corrected chi connectivity index (χ1v) is 2.54. The summed E-state index contributed by atoms with van der Waals surface area (Å²) in [4.78, 5) is 0. The monoisotopic (exact) mass is 168 g/mol. The minimum absolute atomic E-state index is 0. The van der Waals surface area contributed by atoms with Gasteiger partial charge in [0.15, 0.2) is 6.29 Å². The minimum Gasteiger partial charge on any atom is -1.00 e. The molecule has 0 aliphatic rings. The summed E-state index contributed by atoms with van der Waals surface area (Å²) in [5.74, 6) is 0. The molecule has 0 saturated carbocycles. The third-order valence-electron chi connectivity index (χ3n) is 0.648. The molecule has 0 amide bonds. The standard InChI is InChI=1S/C4H12N2O2.2Na.2H/c5-1-2-6-3-4(7)8;;;;/h4,6-8H,1-3,5H2;;;;/q;2*+1;2*-1. The van der Waals surface area contributed by atoms with Gasteiger partial charge in [-0.2, -0.15) is 0 Å². The third kappa shape index (κ3) is 16.4. The Bertz CT molecular complexity index is 64.3. The molecule has 0 bridgehead atoms. The van der Waals surface area contributed by atoms with Gasteiger partial charge in [0.05, 0.1) is 0 Å². The molecule has 0 heterocycles. The predicted octanol–water partition coefficient (Wildman–Crippen LogP) is -7.92. The van der Waals surface area contributed by atoms with E-state index < -0.39 is 6.29 Å². The van der Waals surface area contributed by atoms with Crippen molar-refractivity contribution in [2.45, 2.75) is 6.29 Å². The van der Waals surface area contributed by atoms with E-state index in [1.807, 2.05) is 0 Å². The summed E-state index contributed by atoms with van der Waals surface area (Å²) in [6.07, 6.45) is -1.26. The summed E-state index contributed by atoms with van der Waals surface area (Å²) in [5.41, 5.74) is 5.09. The van der Waals surface area contributed by atoms with Gasteiger partial charge in [-0.05, 0) is 0 Å². The van der Waals surface area contributed by atoms with E-state index in [-0.39, 0.29) is 68.5 Å². The quantitative estimate of drug-likeness (QED) is 0.191. The van der Waals surface area contributed by atoms with Crippen molar-refractivity contribution in [3.05, 3.63) is 0 Å². The first-order chi connectivity index (χ1) is 3.77. The molecular formula is C4H14N2Na2O2. The van der Waals surface area contributed by atoms with Crippen LogP contribution < -0.4 is 70.2 Å². The molecule has 0 atom stereocenters. The number of rotatable bonds is 4. The second-order valence-corrected chi connectivity index (χ2v) is 1.47. The molecule has 0 spiro atoms. The van der Waals surface area contributed by atoms with Crippen molar-refractivity contribution in [3.8, 4) is 0 Å². The Morgan fingerprint density at radius 1 is 1.40 bits per heavy atom. The topological polar surface area (TPSA) is 78.5 Å². The van der Waals surface area contributed by atoms with Crippen molar-refractivity contribution >= 4 is 0 Å². The van der Waals surface area contributed by atoms with E-state index >= 15 is 0 Å². The van der Waals surface area contributed by atoms with Crippen LogP contribution in [-0.4, -0.2) is 36.1 Å². The van der Waals surface area contributed by atoms with E-state index in [9.17, 15) is 0 Å². The van der Waals surface area contributed by atoms with Crippen LogP contribution >= 0.6 is 0 Å². The van der Waals surface area contributed by atoms with Gasteiger partial charge in [0.2, 0.25) is 0 Å². The Balaban J connectivity index is -0.0000000408. The average Bonchev–Trinajstić information content (AvgIpc) is 1.66. The number of nitrogens with two attached hydrogens (primary N) is 1. The second-order valence-electron chi connectivity index (χ2n) is 1.47. The molecule has 0 aromatic heterocycles. The van der Waals surface area contributed by atoms with Gasteiger partial charge in [-0.15, -0.1) is 0 Å². The van der Waals surface area contributed by atoms with Crippen molar-refractivity contribution in [1.29, 1.82) is 0 Å². The maximum absolute atomic E-state index is 8.23. The van der Waals surface area contributed by atoms with Crippen molar-refractivity contribution in [2.24, 2.45) is 5.73 Å². The smallest absolute Gasteiger partial charge is 1.00 e. The Morgan fingerprint density at radius 3 is 2.20 bits per heavy atom. The summed E-state index contributed by atoms with van der Waals surface area (Å²) in [5, 5.41) is 19.2. The zero-order valence-corrected chi connectivity index (χ0v) is 10.7. The molecule has 0 aliphatic carbocycles. The Hall–Kier alpha value is 1.84. The van der Waals surface area contributed by atoms with E-state index in [0.29, 0.717) is 13.1 Å². The zero-order valence-electron chi connectivity index (χ0n) is 8.67. The third-order valence-corrected chi connectivity index (χ3v) is 0.648. The van der Waals surface area contributed by atoms with Crippen LogP contribution in [0.25, 0.3) is 0 Å². The van der Waals surface area contributed by atoms with Crippen LogP contribution in [0.15, 0.2) is 0 Å². The van der Waals surface area contributed by atoms with Crippen LogP contribution in [0.2, 0.25) is 0 Å². The summed E-state index contributed by atoms with van der Waals surface area (Å²) in [6.45, 7) is 1.33. The van der Waals surface area contributed by atoms with Crippen LogP contribution in [0.5, 0.6) is 0 Å². The van der Waals surface area contributed by atoms with Crippen molar-refractivity contribution in [2.75, 3.05) is 19.6 Å². The summed E-state index contributed by atoms with van der Waals surface area (Å²) in [7, 11) is 0. The maximum Gasteiger partial charge on any atom is 1.00 e. The van der Waals surface area contributed by atoms with Gasteiger partial charge in [0, 0.05) is 19.6 Å². The summed E-state index contributed by atoms with van der Waals surface area (Å²) >= 11 is 0. The largest absolute Gasteiger partial charge is 1.00 e. The Kier molecular flexibility index (Phi) is 23.9. The van der Waals surface area contributed by atoms with Gasteiger partial charge >= 0.3 is 59.1 Å². The van der Waals surface area contributed by atoms with Gasteiger partial charge in [-0.25, -0.2) is 0 Å². The molecule has 5 N–H and O–H groups in total. The number of aliphatic hydroxyl groups is 2. The van der Waals surface area contributed by atoms with Crippen LogP contribution in [0.3, 0.4) is 0 Å². The minimum atomic E-state index is -1.26. The van der Waals surface area contributed by atoms with E-state index in [1.54, 1.807) is 0 Å². The molecule has 6 heteroatoms. The molecule has 0 rings (SSSR count). The van der Waals surface area contributed by atoms with Gasteiger partial charge < -0.3 is 24.1 Å². The number of hydrogen-bond acceptors (Lipinski definition) is 4.